The molecule has 4 heteroatoms. The van der Waals surface area contributed by atoms with Crippen LogP contribution in [-0.2, 0) is 11.2 Å². The number of para-hydroxylation sites is 2. The van der Waals surface area contributed by atoms with Gasteiger partial charge in [0.25, 0.3) is 0 Å². The Hall–Kier alpha value is -2.62. The van der Waals surface area contributed by atoms with Gasteiger partial charge < -0.3 is 11.1 Å². The molecule has 0 spiro atoms. The van der Waals surface area contributed by atoms with Crippen LogP contribution in [0.5, 0.6) is 0 Å². The molecule has 0 unspecified atom stereocenters. The average molecular weight is 352 g/mol. The van der Waals surface area contributed by atoms with Crippen molar-refractivity contribution in [1.82, 2.24) is 0 Å². The van der Waals surface area contributed by atoms with E-state index in [0.717, 1.165) is 37.7 Å². The molecule has 0 radical (unpaired) electrons. The largest absolute Gasteiger partial charge is 0.397 e. The summed E-state index contributed by atoms with van der Waals surface area (Å²) in [7, 11) is 0. The number of hydrogen-bond donors (Lipinski definition) is 2. The van der Waals surface area contributed by atoms with Gasteiger partial charge in [0.1, 0.15) is 0 Å². The maximum Gasteiger partial charge on any atom is 0.224 e. The van der Waals surface area contributed by atoms with Crippen LogP contribution in [0.25, 0.3) is 0 Å². The van der Waals surface area contributed by atoms with E-state index < -0.39 is 0 Å². The van der Waals surface area contributed by atoms with Crippen molar-refractivity contribution in [2.45, 2.75) is 51.9 Å². The molecule has 138 valence electrons. The summed E-state index contributed by atoms with van der Waals surface area (Å²) >= 11 is 0. The summed E-state index contributed by atoms with van der Waals surface area (Å²) in [6.07, 6.45) is 5.61. The summed E-state index contributed by atoms with van der Waals surface area (Å²) in [6.45, 7) is 2.10. The van der Waals surface area contributed by atoms with Crippen LogP contribution >= 0.6 is 0 Å². The number of unbranched alkanes of at least 4 members (excludes halogenated alkanes) is 3. The highest BCUT2D eigenvalue weighted by Gasteiger charge is 2.07. The molecule has 0 aliphatic heterocycles. The van der Waals surface area contributed by atoms with E-state index in [0.29, 0.717) is 24.2 Å². The second-order valence-corrected chi connectivity index (χ2v) is 6.52. The number of nitrogens with two attached hydrogens (primary N) is 1. The van der Waals surface area contributed by atoms with Crippen LogP contribution in [0.1, 0.15) is 61.4 Å². The minimum atomic E-state index is -0.0185. The Morgan fingerprint density at radius 2 is 1.54 bits per heavy atom. The van der Waals surface area contributed by atoms with Crippen LogP contribution in [0, 0.1) is 0 Å². The highest BCUT2D eigenvalue weighted by molar-refractivity contribution is 5.96. The SMILES string of the molecule is CCc1ccc(C(=O)CCCCCCC(=O)Nc2ccccc2N)cc1. The molecule has 2 rings (SSSR count). The van der Waals surface area contributed by atoms with Crippen LogP contribution in [0.2, 0.25) is 0 Å². The molecule has 0 aliphatic carbocycles. The van der Waals surface area contributed by atoms with Crippen LogP contribution in [0.4, 0.5) is 11.4 Å². The van der Waals surface area contributed by atoms with Crippen molar-refractivity contribution < 1.29 is 9.59 Å². The van der Waals surface area contributed by atoms with Gasteiger partial charge in [0.15, 0.2) is 5.78 Å². The Kier molecular flexibility index (Phi) is 7.87. The first-order valence-corrected chi connectivity index (χ1v) is 9.36. The molecular weight excluding hydrogens is 324 g/mol. The summed E-state index contributed by atoms with van der Waals surface area (Å²) in [5.41, 5.74) is 9.09. The normalized spacial score (nSPS) is 10.5. The highest BCUT2D eigenvalue weighted by Crippen LogP contribution is 2.17. The number of nitrogens with one attached hydrogen (secondary N) is 1. The van der Waals surface area contributed by atoms with Gasteiger partial charge in [-0.15, -0.1) is 0 Å². The lowest BCUT2D eigenvalue weighted by molar-refractivity contribution is -0.116. The number of benzene rings is 2. The van der Waals surface area contributed by atoms with Gasteiger partial charge in [0, 0.05) is 18.4 Å². The predicted octanol–water partition coefficient (Wildman–Crippen LogP) is 4.99. The third-order valence-corrected chi connectivity index (χ3v) is 4.48. The summed E-state index contributed by atoms with van der Waals surface area (Å²) < 4.78 is 0. The first kappa shape index (κ1) is 19.7. The maximum atomic E-state index is 12.1. The number of ketones is 1. The summed E-state index contributed by atoms with van der Waals surface area (Å²) in [5, 5.41) is 2.83. The van der Waals surface area contributed by atoms with E-state index in [1.807, 2.05) is 36.4 Å². The maximum absolute atomic E-state index is 12.1. The smallest absolute Gasteiger partial charge is 0.224 e. The van der Waals surface area contributed by atoms with Gasteiger partial charge in [-0.25, -0.2) is 0 Å². The van der Waals surface area contributed by atoms with Crippen molar-refractivity contribution in [3.63, 3.8) is 0 Å². The standard InChI is InChI=1S/C22H28N2O2/c1-2-17-13-15-18(16-14-17)21(25)11-5-3-4-6-12-22(26)24-20-10-8-7-9-19(20)23/h7-10,13-16H,2-6,11-12,23H2,1H3,(H,24,26). The fraction of sp³-hybridized carbons (Fsp3) is 0.364. The lowest BCUT2D eigenvalue weighted by Crippen LogP contribution is -2.12. The number of carbonyl (C=O) groups is 2. The van der Waals surface area contributed by atoms with Gasteiger partial charge in [-0.3, -0.25) is 9.59 Å². The first-order chi connectivity index (χ1) is 12.6. The van der Waals surface area contributed by atoms with Crippen molar-refractivity contribution in [3.05, 3.63) is 59.7 Å². The van der Waals surface area contributed by atoms with E-state index >= 15 is 0 Å². The minimum Gasteiger partial charge on any atom is -0.397 e. The van der Waals surface area contributed by atoms with Gasteiger partial charge in [0.2, 0.25) is 5.91 Å². The molecule has 0 aliphatic rings. The minimum absolute atomic E-state index is 0.0185. The molecule has 3 N–H and O–H groups in total. The number of rotatable bonds is 10. The molecular formula is C22H28N2O2. The van der Waals surface area contributed by atoms with Crippen LogP contribution in [-0.4, -0.2) is 11.7 Å². The number of aryl methyl sites for hydroxylation is 1. The first-order valence-electron chi connectivity index (χ1n) is 9.36. The average Bonchev–Trinajstić information content (AvgIpc) is 2.66. The van der Waals surface area contributed by atoms with Gasteiger partial charge in [-0.05, 0) is 37.0 Å². The molecule has 0 heterocycles. The molecule has 0 saturated heterocycles. The Labute approximate surface area is 155 Å². The van der Waals surface area contributed by atoms with Crippen molar-refractivity contribution in [2.24, 2.45) is 0 Å². The number of hydrogen-bond acceptors (Lipinski definition) is 3. The zero-order valence-electron chi connectivity index (χ0n) is 15.5. The molecule has 0 atom stereocenters. The third kappa shape index (κ3) is 6.36. The summed E-state index contributed by atoms with van der Waals surface area (Å²) in [4.78, 5) is 24.1. The number of anilines is 2. The topological polar surface area (TPSA) is 72.2 Å². The van der Waals surface area contributed by atoms with Gasteiger partial charge >= 0.3 is 0 Å². The molecule has 26 heavy (non-hydrogen) atoms. The third-order valence-electron chi connectivity index (χ3n) is 4.48. The summed E-state index contributed by atoms with van der Waals surface area (Å²) in [5.74, 6) is 0.180. The zero-order chi connectivity index (χ0) is 18.8. The van der Waals surface area contributed by atoms with Crippen molar-refractivity contribution >= 4 is 23.1 Å². The van der Waals surface area contributed by atoms with E-state index in [1.54, 1.807) is 12.1 Å². The molecule has 0 saturated carbocycles. The number of nitrogen functional groups attached to an aromatic ring is 1. The second kappa shape index (κ2) is 10.4. The van der Waals surface area contributed by atoms with Crippen LogP contribution in [0.15, 0.2) is 48.5 Å². The molecule has 1 amide bonds. The van der Waals surface area contributed by atoms with Crippen molar-refractivity contribution in [2.75, 3.05) is 11.1 Å². The zero-order valence-corrected chi connectivity index (χ0v) is 15.5. The Bertz CT molecular complexity index is 723. The fourth-order valence-corrected chi connectivity index (χ4v) is 2.82. The van der Waals surface area contributed by atoms with Crippen LogP contribution < -0.4 is 11.1 Å². The van der Waals surface area contributed by atoms with E-state index in [2.05, 4.69) is 12.2 Å². The lowest BCUT2D eigenvalue weighted by Gasteiger charge is -2.07. The monoisotopic (exact) mass is 352 g/mol. The second-order valence-electron chi connectivity index (χ2n) is 6.52. The van der Waals surface area contributed by atoms with Crippen LogP contribution in [0.3, 0.4) is 0 Å². The quantitative estimate of drug-likeness (QED) is 0.359. The Morgan fingerprint density at radius 3 is 2.19 bits per heavy atom. The molecule has 2 aromatic carbocycles. The van der Waals surface area contributed by atoms with E-state index in [9.17, 15) is 9.59 Å². The number of carbonyl (C=O) groups excluding carboxylic acids is 2. The molecule has 0 bridgehead atoms. The van der Waals surface area contributed by atoms with Gasteiger partial charge in [0.05, 0.1) is 11.4 Å². The van der Waals surface area contributed by atoms with Crippen molar-refractivity contribution in [1.29, 1.82) is 0 Å². The predicted molar refractivity (Wildman–Crippen MR) is 107 cm³/mol. The van der Waals surface area contributed by atoms with E-state index in [4.69, 9.17) is 5.73 Å². The Morgan fingerprint density at radius 1 is 0.885 bits per heavy atom. The van der Waals surface area contributed by atoms with Crippen molar-refractivity contribution in [3.8, 4) is 0 Å². The van der Waals surface area contributed by atoms with Gasteiger partial charge in [-0.1, -0.05) is 56.2 Å². The van der Waals surface area contributed by atoms with E-state index in [-0.39, 0.29) is 11.7 Å². The van der Waals surface area contributed by atoms with Gasteiger partial charge in [-0.2, -0.15) is 0 Å². The Balaban J connectivity index is 1.59. The molecule has 0 fully saturated rings. The van der Waals surface area contributed by atoms with E-state index in [1.165, 1.54) is 5.56 Å². The molecule has 2 aromatic rings. The number of Topliss-reactive ketones (excluding diaryl/α,β-unsaturated/α-hetero) is 1. The number of amides is 1. The summed E-state index contributed by atoms with van der Waals surface area (Å²) in [6, 6.07) is 15.1. The fourth-order valence-electron chi connectivity index (χ4n) is 2.82. The molecule has 4 nitrogen and oxygen atoms in total. The molecule has 0 aromatic heterocycles. The highest BCUT2D eigenvalue weighted by atomic mass is 16.1. The lowest BCUT2D eigenvalue weighted by atomic mass is 10.0.